The summed E-state index contributed by atoms with van der Waals surface area (Å²) in [5, 5.41) is 14.8. The number of amides is 1. The van der Waals surface area contributed by atoms with Gasteiger partial charge in [-0.1, -0.05) is 32.0 Å². The van der Waals surface area contributed by atoms with E-state index in [0.29, 0.717) is 32.2 Å². The Morgan fingerprint density at radius 3 is 2.55 bits per heavy atom. The fraction of sp³-hybridized carbons (Fsp3) is 0.680. The topological polar surface area (TPSA) is 85.0 Å². The molecule has 0 atom stereocenters. The maximum Gasteiger partial charge on any atom is 0.407 e. The molecule has 1 saturated heterocycles. The summed E-state index contributed by atoms with van der Waals surface area (Å²) in [7, 11) is -0.193. The number of likely N-dealkylation sites (tertiary alicyclic amines) is 1. The van der Waals surface area contributed by atoms with Gasteiger partial charge in [-0.05, 0) is 67.8 Å². The van der Waals surface area contributed by atoms with Crippen molar-refractivity contribution >= 4 is 25.4 Å². The monoisotopic (exact) mass is 476 g/mol. The van der Waals surface area contributed by atoms with Crippen molar-refractivity contribution in [1.82, 2.24) is 10.1 Å². The van der Waals surface area contributed by atoms with Crippen LogP contribution in [0.15, 0.2) is 16.7 Å². The summed E-state index contributed by atoms with van der Waals surface area (Å²) in [5.74, 6) is 0.523. The van der Waals surface area contributed by atoms with Crippen LogP contribution in [0.3, 0.4) is 0 Å². The minimum absolute atomic E-state index is 0.135. The minimum atomic E-state index is -1.91. The van der Waals surface area contributed by atoms with Crippen LogP contribution in [0.4, 0.5) is 4.79 Å². The van der Waals surface area contributed by atoms with Gasteiger partial charge >= 0.3 is 6.09 Å². The van der Waals surface area contributed by atoms with Crippen molar-refractivity contribution in [2.75, 3.05) is 26.8 Å². The first-order chi connectivity index (χ1) is 15.5. The van der Waals surface area contributed by atoms with Crippen molar-refractivity contribution in [2.45, 2.75) is 77.6 Å². The number of methoxy groups -OCH3 is 1. The third kappa shape index (κ3) is 6.16. The van der Waals surface area contributed by atoms with E-state index in [-0.39, 0.29) is 5.04 Å². The normalized spacial score (nSPS) is 16.0. The lowest BCUT2D eigenvalue weighted by Crippen LogP contribution is -2.40. The number of piperidine rings is 1. The van der Waals surface area contributed by atoms with Crippen LogP contribution in [0, 0.1) is 5.92 Å². The fourth-order valence-electron chi connectivity index (χ4n) is 4.16. The third-order valence-electron chi connectivity index (χ3n) is 7.55. The number of hydrogen-bond acceptors (Lipinski definition) is 5. The van der Waals surface area contributed by atoms with Gasteiger partial charge in [-0.2, -0.15) is 0 Å². The fourth-order valence-corrected chi connectivity index (χ4v) is 5.10. The summed E-state index contributed by atoms with van der Waals surface area (Å²) in [4.78, 5) is 12.6. The molecule has 0 radical (unpaired) electrons. The molecule has 0 aliphatic carbocycles. The quantitative estimate of drug-likeness (QED) is 0.456. The number of rotatable bonds is 9. The Morgan fingerprint density at radius 2 is 1.94 bits per heavy atom. The summed E-state index contributed by atoms with van der Waals surface area (Å²) in [6, 6.07) is 4.28. The van der Waals surface area contributed by atoms with Gasteiger partial charge in [0.05, 0.1) is 18.9 Å². The Labute approximate surface area is 198 Å². The highest BCUT2D eigenvalue weighted by Gasteiger charge is 2.37. The molecule has 33 heavy (non-hydrogen) atoms. The van der Waals surface area contributed by atoms with Gasteiger partial charge in [0, 0.05) is 31.1 Å². The first kappa shape index (κ1) is 25.7. The number of aromatic nitrogens is 1. The molecule has 1 aliphatic heterocycles. The van der Waals surface area contributed by atoms with Crippen molar-refractivity contribution < 1.29 is 23.6 Å². The van der Waals surface area contributed by atoms with Gasteiger partial charge < -0.3 is 23.7 Å². The Bertz CT molecular complexity index is 942. The second-order valence-corrected chi connectivity index (χ2v) is 15.6. The Balaban J connectivity index is 1.76. The molecular formula is C25H40N2O5Si. The van der Waals surface area contributed by atoms with Crippen molar-refractivity contribution in [3.8, 4) is 0 Å². The summed E-state index contributed by atoms with van der Waals surface area (Å²) in [5.41, 5.74) is 4.09. The van der Waals surface area contributed by atoms with Gasteiger partial charge in [0.2, 0.25) is 0 Å². The lowest BCUT2D eigenvalue weighted by atomic mass is 9.91. The highest BCUT2D eigenvalue weighted by atomic mass is 28.4. The van der Waals surface area contributed by atoms with E-state index in [9.17, 15) is 4.79 Å². The zero-order valence-electron chi connectivity index (χ0n) is 21.1. The van der Waals surface area contributed by atoms with E-state index in [1.54, 1.807) is 7.11 Å². The lowest BCUT2D eigenvalue weighted by Gasteiger charge is -2.36. The lowest BCUT2D eigenvalue weighted by molar-refractivity contribution is 0.123. The molecule has 2 heterocycles. The highest BCUT2D eigenvalue weighted by molar-refractivity contribution is 6.74. The Morgan fingerprint density at radius 1 is 1.24 bits per heavy atom. The molecule has 3 rings (SSSR count). The molecule has 1 aliphatic rings. The van der Waals surface area contributed by atoms with E-state index in [2.05, 4.69) is 51.2 Å². The maximum atomic E-state index is 11.1. The van der Waals surface area contributed by atoms with Gasteiger partial charge in [0.1, 0.15) is 0 Å². The molecule has 7 nitrogen and oxygen atoms in total. The zero-order valence-corrected chi connectivity index (χ0v) is 22.1. The van der Waals surface area contributed by atoms with Crippen LogP contribution >= 0.6 is 0 Å². The summed E-state index contributed by atoms with van der Waals surface area (Å²) in [6.07, 6.45) is 3.65. The molecule has 1 aromatic carbocycles. The standard InChI is InChI=1S/C25H40N2O5Si/c1-25(2,3)33(5,6)31-17-21-19(13-16-30-4)8-9-20-22(26-32-23(20)21)10-7-18-11-14-27(15-12-18)24(28)29/h8-9,18H,7,10-17H2,1-6H3,(H,28,29). The average molecular weight is 477 g/mol. The van der Waals surface area contributed by atoms with Crippen LogP contribution in [0.25, 0.3) is 11.0 Å². The molecule has 0 spiro atoms. The number of carboxylic acid groups (broad SMARTS) is 1. The second kappa shape index (κ2) is 10.6. The van der Waals surface area contributed by atoms with Crippen molar-refractivity contribution in [2.24, 2.45) is 5.92 Å². The average Bonchev–Trinajstić information content (AvgIpc) is 3.17. The Kier molecular flexibility index (Phi) is 8.24. The van der Waals surface area contributed by atoms with Gasteiger partial charge in [-0.3, -0.25) is 0 Å². The molecule has 8 heteroatoms. The molecule has 0 saturated carbocycles. The number of ether oxygens (including phenoxy) is 1. The van der Waals surface area contributed by atoms with E-state index >= 15 is 0 Å². The number of hydrogen-bond donors (Lipinski definition) is 1. The number of aryl methyl sites for hydroxylation is 1. The molecular weight excluding hydrogens is 436 g/mol. The van der Waals surface area contributed by atoms with Crippen molar-refractivity contribution in [3.63, 3.8) is 0 Å². The summed E-state index contributed by atoms with van der Waals surface area (Å²) < 4.78 is 17.8. The molecule has 2 aromatic rings. The first-order valence-corrected chi connectivity index (χ1v) is 14.9. The SMILES string of the molecule is COCCc1ccc2c(CCC3CCN(C(=O)O)CC3)noc2c1CO[Si](C)(C)C(C)(C)C. The molecule has 1 N–H and O–H groups in total. The van der Waals surface area contributed by atoms with Gasteiger partial charge in [0.25, 0.3) is 0 Å². The van der Waals surface area contributed by atoms with E-state index in [1.165, 1.54) is 10.5 Å². The van der Waals surface area contributed by atoms with E-state index < -0.39 is 14.4 Å². The van der Waals surface area contributed by atoms with Crippen LogP contribution < -0.4 is 0 Å². The predicted octanol–water partition coefficient (Wildman–Crippen LogP) is 5.86. The molecule has 184 valence electrons. The second-order valence-electron chi connectivity index (χ2n) is 10.8. The summed E-state index contributed by atoms with van der Waals surface area (Å²) >= 11 is 0. The van der Waals surface area contributed by atoms with E-state index in [4.69, 9.17) is 18.8 Å². The molecule has 0 unspecified atom stereocenters. The Hall–Kier alpha value is -1.90. The maximum absolute atomic E-state index is 11.1. The van der Waals surface area contributed by atoms with Gasteiger partial charge in [-0.15, -0.1) is 0 Å². The van der Waals surface area contributed by atoms with Crippen molar-refractivity contribution in [1.29, 1.82) is 0 Å². The minimum Gasteiger partial charge on any atom is -0.465 e. The number of benzene rings is 1. The van der Waals surface area contributed by atoms with Gasteiger partial charge in [-0.25, -0.2) is 4.79 Å². The van der Waals surface area contributed by atoms with E-state index in [1.807, 2.05) is 0 Å². The zero-order chi connectivity index (χ0) is 24.2. The number of fused-ring (bicyclic) bond motifs is 1. The van der Waals surface area contributed by atoms with Crippen LogP contribution in [0.2, 0.25) is 18.1 Å². The van der Waals surface area contributed by atoms with Crippen LogP contribution in [0.5, 0.6) is 0 Å². The largest absolute Gasteiger partial charge is 0.465 e. The van der Waals surface area contributed by atoms with E-state index in [0.717, 1.165) is 54.3 Å². The molecule has 1 aromatic heterocycles. The molecule has 0 bridgehead atoms. The highest BCUT2D eigenvalue weighted by Crippen LogP contribution is 2.38. The smallest absolute Gasteiger partial charge is 0.407 e. The van der Waals surface area contributed by atoms with Crippen LogP contribution in [0.1, 0.15) is 56.9 Å². The van der Waals surface area contributed by atoms with Crippen LogP contribution in [-0.4, -0.2) is 56.4 Å². The predicted molar refractivity (Wildman–Crippen MR) is 132 cm³/mol. The summed E-state index contributed by atoms with van der Waals surface area (Å²) in [6.45, 7) is 13.7. The molecule has 1 amide bonds. The molecule has 1 fully saturated rings. The number of carbonyl (C=O) groups is 1. The van der Waals surface area contributed by atoms with Gasteiger partial charge in [0.15, 0.2) is 13.9 Å². The first-order valence-electron chi connectivity index (χ1n) is 12.0. The third-order valence-corrected chi connectivity index (χ3v) is 12.0. The van der Waals surface area contributed by atoms with Crippen molar-refractivity contribution in [3.05, 3.63) is 29.0 Å². The van der Waals surface area contributed by atoms with Crippen LogP contribution in [-0.2, 0) is 28.6 Å². The number of nitrogens with zero attached hydrogens (tertiary/aromatic N) is 2.